The maximum atomic E-state index is 13.0. The Hall–Kier alpha value is -3.24. The summed E-state index contributed by atoms with van der Waals surface area (Å²) in [5.41, 5.74) is 0.925. The van der Waals surface area contributed by atoms with Crippen LogP contribution in [0, 0.1) is 11.8 Å². The second-order valence-electron chi connectivity index (χ2n) is 8.39. The summed E-state index contributed by atoms with van der Waals surface area (Å²) in [5.74, 6) is 1.00. The Morgan fingerprint density at radius 3 is 2.45 bits per heavy atom. The summed E-state index contributed by atoms with van der Waals surface area (Å²) >= 11 is 0. The van der Waals surface area contributed by atoms with Gasteiger partial charge in [-0.2, -0.15) is 4.31 Å². The van der Waals surface area contributed by atoms with Crippen LogP contribution in [-0.4, -0.2) is 49.0 Å². The number of anilines is 1. The van der Waals surface area contributed by atoms with E-state index < -0.39 is 15.9 Å². The zero-order valence-electron chi connectivity index (χ0n) is 18.7. The minimum Gasteiger partial charge on any atom is -0.497 e. The van der Waals surface area contributed by atoms with Gasteiger partial charge in [-0.3, -0.25) is 10.1 Å². The lowest BCUT2D eigenvalue weighted by molar-refractivity contribution is 0.102. The Morgan fingerprint density at radius 2 is 1.79 bits per heavy atom. The molecular formula is C23H26N4O5S. The molecule has 10 heteroatoms. The van der Waals surface area contributed by atoms with Crippen molar-refractivity contribution in [2.75, 3.05) is 25.5 Å². The third-order valence-corrected chi connectivity index (χ3v) is 7.40. The van der Waals surface area contributed by atoms with Crippen LogP contribution in [0.15, 0.2) is 57.8 Å². The van der Waals surface area contributed by atoms with E-state index in [1.165, 1.54) is 28.6 Å². The molecule has 0 aliphatic carbocycles. The predicted octanol–water partition coefficient (Wildman–Crippen LogP) is 3.66. The number of sulfonamides is 1. The number of carbonyl (C=O) groups excluding carboxylic acids is 1. The molecule has 1 saturated heterocycles. The summed E-state index contributed by atoms with van der Waals surface area (Å²) < 4.78 is 38.3. The highest BCUT2D eigenvalue weighted by molar-refractivity contribution is 7.89. The first kappa shape index (κ1) is 22.9. The lowest BCUT2D eigenvalue weighted by Crippen LogP contribution is -2.42. The van der Waals surface area contributed by atoms with Gasteiger partial charge in [0.15, 0.2) is 0 Å². The Bertz CT molecular complexity index is 1230. The average molecular weight is 471 g/mol. The number of nitrogens with one attached hydrogen (secondary N) is 1. The molecule has 33 heavy (non-hydrogen) atoms. The molecule has 0 unspecified atom stereocenters. The fraction of sp³-hybridized carbons (Fsp3) is 0.348. The normalized spacial score (nSPS) is 19.2. The Labute approximate surface area is 192 Å². The van der Waals surface area contributed by atoms with Crippen molar-refractivity contribution < 1.29 is 22.4 Å². The molecule has 1 aliphatic heterocycles. The van der Waals surface area contributed by atoms with E-state index >= 15 is 0 Å². The van der Waals surface area contributed by atoms with Crippen LogP contribution in [0.3, 0.4) is 0 Å². The van der Waals surface area contributed by atoms with Crippen molar-refractivity contribution in [3.8, 4) is 17.2 Å². The minimum absolute atomic E-state index is 0.0641. The number of methoxy groups -OCH3 is 1. The highest BCUT2D eigenvalue weighted by Crippen LogP contribution is 2.27. The van der Waals surface area contributed by atoms with E-state index in [2.05, 4.69) is 29.4 Å². The van der Waals surface area contributed by atoms with Gasteiger partial charge in [-0.1, -0.05) is 25.0 Å². The van der Waals surface area contributed by atoms with Crippen molar-refractivity contribution in [3.05, 3.63) is 54.1 Å². The number of piperidine rings is 1. The number of ether oxygens (including phenoxy) is 1. The molecule has 2 heterocycles. The molecule has 9 nitrogen and oxygen atoms in total. The van der Waals surface area contributed by atoms with Crippen molar-refractivity contribution in [3.63, 3.8) is 0 Å². The lowest BCUT2D eigenvalue weighted by Gasteiger charge is -2.34. The lowest BCUT2D eigenvalue weighted by atomic mass is 9.94. The molecule has 174 valence electrons. The Kier molecular flexibility index (Phi) is 6.48. The summed E-state index contributed by atoms with van der Waals surface area (Å²) in [6.07, 6.45) is 1.01. The maximum Gasteiger partial charge on any atom is 0.322 e. The van der Waals surface area contributed by atoms with Crippen LogP contribution in [0.1, 0.15) is 30.6 Å². The summed E-state index contributed by atoms with van der Waals surface area (Å²) in [7, 11) is -2.05. The van der Waals surface area contributed by atoms with Crippen molar-refractivity contribution in [2.24, 2.45) is 11.8 Å². The van der Waals surface area contributed by atoms with Crippen molar-refractivity contribution in [1.29, 1.82) is 0 Å². The zero-order valence-corrected chi connectivity index (χ0v) is 19.5. The van der Waals surface area contributed by atoms with Gasteiger partial charge in [0.1, 0.15) is 5.75 Å². The number of amides is 1. The van der Waals surface area contributed by atoms with E-state index in [0.717, 1.165) is 6.42 Å². The summed E-state index contributed by atoms with van der Waals surface area (Å²) in [6, 6.07) is 12.9. The summed E-state index contributed by atoms with van der Waals surface area (Å²) in [6.45, 7) is 5.12. The van der Waals surface area contributed by atoms with E-state index in [1.807, 2.05) is 0 Å². The first-order valence-electron chi connectivity index (χ1n) is 10.7. The number of rotatable bonds is 6. The molecule has 0 bridgehead atoms. The van der Waals surface area contributed by atoms with Gasteiger partial charge in [-0.25, -0.2) is 8.42 Å². The molecular weight excluding hydrogens is 444 g/mol. The quantitative estimate of drug-likeness (QED) is 0.585. The predicted molar refractivity (Wildman–Crippen MR) is 122 cm³/mol. The smallest absolute Gasteiger partial charge is 0.322 e. The Balaban J connectivity index is 1.45. The van der Waals surface area contributed by atoms with Gasteiger partial charge in [0, 0.05) is 24.2 Å². The fourth-order valence-electron chi connectivity index (χ4n) is 4.05. The largest absolute Gasteiger partial charge is 0.497 e. The molecule has 1 aliphatic rings. The third kappa shape index (κ3) is 5.07. The minimum atomic E-state index is -3.61. The van der Waals surface area contributed by atoms with Gasteiger partial charge in [0.25, 0.3) is 5.91 Å². The van der Waals surface area contributed by atoms with Crippen LogP contribution in [0.2, 0.25) is 0 Å². The maximum absolute atomic E-state index is 13.0. The molecule has 3 aromatic rings. The van der Waals surface area contributed by atoms with Crippen molar-refractivity contribution in [1.82, 2.24) is 14.5 Å². The van der Waals surface area contributed by atoms with Crippen LogP contribution in [-0.2, 0) is 10.0 Å². The molecule has 1 fully saturated rings. The number of hydrogen-bond donors (Lipinski definition) is 1. The van der Waals surface area contributed by atoms with Gasteiger partial charge < -0.3 is 9.15 Å². The monoisotopic (exact) mass is 470 g/mol. The van der Waals surface area contributed by atoms with E-state index in [4.69, 9.17) is 9.15 Å². The number of aromatic nitrogens is 2. The second-order valence-corrected chi connectivity index (χ2v) is 10.3. The highest BCUT2D eigenvalue weighted by atomic mass is 32.2. The van der Waals surface area contributed by atoms with Crippen molar-refractivity contribution in [2.45, 2.75) is 25.2 Å². The summed E-state index contributed by atoms with van der Waals surface area (Å²) in [4.78, 5) is 12.8. The molecule has 2 aromatic carbocycles. The zero-order chi connectivity index (χ0) is 23.6. The Morgan fingerprint density at radius 1 is 1.09 bits per heavy atom. The SMILES string of the molecule is COc1cccc(-c2nnc(NC(=O)c3ccc(S(=O)(=O)N4C[C@@H](C)C[C@H](C)C4)cc3)o2)c1. The first-order chi connectivity index (χ1) is 15.8. The van der Waals surface area contributed by atoms with E-state index in [9.17, 15) is 13.2 Å². The van der Waals surface area contributed by atoms with Gasteiger partial charge in [-0.05, 0) is 60.7 Å². The molecule has 0 saturated carbocycles. The second kappa shape index (κ2) is 9.32. The fourth-order valence-corrected chi connectivity index (χ4v) is 5.72. The van der Waals surface area contributed by atoms with Crippen LogP contribution < -0.4 is 10.1 Å². The molecule has 1 amide bonds. The van der Waals surface area contributed by atoms with Crippen LogP contribution in [0.5, 0.6) is 5.75 Å². The average Bonchev–Trinajstić information content (AvgIpc) is 3.27. The molecule has 4 rings (SSSR count). The van der Waals surface area contributed by atoms with E-state index in [0.29, 0.717) is 36.2 Å². The van der Waals surface area contributed by atoms with Gasteiger partial charge in [-0.15, -0.1) is 5.10 Å². The molecule has 1 N–H and O–H groups in total. The third-order valence-electron chi connectivity index (χ3n) is 5.55. The van der Waals surface area contributed by atoms with Crippen LogP contribution in [0.4, 0.5) is 6.01 Å². The number of carbonyl (C=O) groups is 1. The standard InChI is InChI=1S/C23H26N4O5S/c1-15-11-16(2)14-27(13-15)33(29,30)20-9-7-17(8-10-20)21(28)24-23-26-25-22(32-23)18-5-4-6-19(12-18)31-3/h4-10,12,15-16H,11,13-14H2,1-3H3,(H,24,26,28)/t15-,16-/m0/s1. The molecule has 0 radical (unpaired) electrons. The van der Waals surface area contributed by atoms with Gasteiger partial charge in [0.2, 0.25) is 15.9 Å². The van der Waals surface area contributed by atoms with E-state index in [1.54, 1.807) is 31.4 Å². The number of benzene rings is 2. The van der Waals surface area contributed by atoms with Crippen molar-refractivity contribution >= 4 is 21.9 Å². The van der Waals surface area contributed by atoms with Gasteiger partial charge >= 0.3 is 6.01 Å². The summed E-state index contributed by atoms with van der Waals surface area (Å²) in [5, 5.41) is 10.3. The number of nitrogens with zero attached hydrogens (tertiary/aromatic N) is 3. The highest BCUT2D eigenvalue weighted by Gasteiger charge is 2.31. The van der Waals surface area contributed by atoms with E-state index in [-0.39, 0.29) is 22.4 Å². The van der Waals surface area contributed by atoms with Gasteiger partial charge in [0.05, 0.1) is 12.0 Å². The molecule has 2 atom stereocenters. The van der Waals surface area contributed by atoms with Crippen LogP contribution in [0.25, 0.3) is 11.5 Å². The number of hydrogen-bond acceptors (Lipinski definition) is 7. The topological polar surface area (TPSA) is 115 Å². The van der Waals surface area contributed by atoms with Crippen LogP contribution >= 0.6 is 0 Å². The molecule has 0 spiro atoms. The molecule has 1 aromatic heterocycles. The first-order valence-corrected chi connectivity index (χ1v) is 12.1.